The normalized spacial score (nSPS) is 15.9. The Morgan fingerprint density at radius 3 is 2.40 bits per heavy atom. The molecule has 1 aliphatic heterocycles. The number of likely N-dealkylation sites (N-methyl/N-ethyl adjacent to an activating group) is 1. The van der Waals surface area contributed by atoms with Crippen LogP contribution in [0.2, 0.25) is 0 Å². The molecule has 1 aliphatic rings. The van der Waals surface area contributed by atoms with Crippen LogP contribution in [0.15, 0.2) is 35.2 Å². The van der Waals surface area contributed by atoms with E-state index in [-0.39, 0.29) is 23.1 Å². The first kappa shape index (κ1) is 21.8. The molecule has 0 saturated carbocycles. The molecule has 2 aromatic rings. The Balaban J connectivity index is 1.80. The maximum absolute atomic E-state index is 13.1. The van der Waals surface area contributed by atoms with Gasteiger partial charge in [-0.15, -0.1) is 0 Å². The number of ether oxygens (including phenoxy) is 1. The van der Waals surface area contributed by atoms with Gasteiger partial charge in [-0.05, 0) is 62.6 Å². The van der Waals surface area contributed by atoms with Gasteiger partial charge in [-0.2, -0.15) is 4.31 Å². The van der Waals surface area contributed by atoms with Crippen molar-refractivity contribution in [3.8, 4) is 5.75 Å². The molecule has 0 bridgehead atoms. The molecule has 0 aromatic heterocycles. The summed E-state index contributed by atoms with van der Waals surface area (Å²) in [5.41, 5.74) is 3.47. The van der Waals surface area contributed by atoms with E-state index in [0.717, 1.165) is 15.4 Å². The highest BCUT2D eigenvalue weighted by atomic mass is 32.2. The Morgan fingerprint density at radius 1 is 1.13 bits per heavy atom. The van der Waals surface area contributed by atoms with Gasteiger partial charge >= 0.3 is 0 Å². The van der Waals surface area contributed by atoms with Gasteiger partial charge in [0.25, 0.3) is 5.91 Å². The van der Waals surface area contributed by atoms with Crippen LogP contribution in [0.25, 0.3) is 0 Å². The zero-order valence-corrected chi connectivity index (χ0v) is 18.4. The van der Waals surface area contributed by atoms with Gasteiger partial charge in [0.15, 0.2) is 6.10 Å². The van der Waals surface area contributed by atoms with Crippen LogP contribution in [-0.4, -0.2) is 44.2 Å². The molecule has 0 unspecified atom stereocenters. The van der Waals surface area contributed by atoms with Crippen LogP contribution >= 0.6 is 0 Å². The van der Waals surface area contributed by atoms with Gasteiger partial charge in [0.2, 0.25) is 15.9 Å². The number of aryl methyl sites for hydroxylation is 3. The minimum Gasteiger partial charge on any atom is -0.479 e. The SMILES string of the molecule is Cc1cc(C)cc(NC(=O)CN(C)S(=O)(=O)c2cc3c(cc2C)NC(=O)[C@H](C)O3)c1. The second-order valence-corrected chi connectivity index (χ2v) is 9.56. The summed E-state index contributed by atoms with van der Waals surface area (Å²) in [6.07, 6.45) is -0.725. The summed E-state index contributed by atoms with van der Waals surface area (Å²) in [6.45, 7) is 6.70. The number of hydrogen-bond acceptors (Lipinski definition) is 5. The second-order valence-electron chi connectivity index (χ2n) is 7.55. The fourth-order valence-corrected chi connectivity index (χ4v) is 4.67. The predicted octanol–water partition coefficient (Wildman–Crippen LogP) is 2.59. The topological polar surface area (TPSA) is 105 Å². The van der Waals surface area contributed by atoms with Crippen molar-refractivity contribution in [3.05, 3.63) is 47.0 Å². The molecule has 2 N–H and O–H groups in total. The molecule has 0 saturated heterocycles. The summed E-state index contributed by atoms with van der Waals surface area (Å²) in [4.78, 5) is 24.2. The number of amides is 2. The van der Waals surface area contributed by atoms with Crippen LogP contribution in [0.1, 0.15) is 23.6 Å². The van der Waals surface area contributed by atoms with Crippen molar-refractivity contribution in [2.45, 2.75) is 38.7 Å². The zero-order valence-electron chi connectivity index (χ0n) is 17.6. The number of hydrogen-bond donors (Lipinski definition) is 2. The fourth-order valence-electron chi connectivity index (χ4n) is 3.32. The van der Waals surface area contributed by atoms with E-state index < -0.39 is 22.0 Å². The number of fused-ring (bicyclic) bond motifs is 1. The number of carbonyl (C=O) groups excluding carboxylic acids is 2. The van der Waals surface area contributed by atoms with E-state index in [1.165, 1.54) is 13.1 Å². The van der Waals surface area contributed by atoms with Gasteiger partial charge < -0.3 is 15.4 Å². The summed E-state index contributed by atoms with van der Waals surface area (Å²) in [5.74, 6) is -0.462. The molecule has 2 amide bonds. The summed E-state index contributed by atoms with van der Waals surface area (Å²) in [6, 6.07) is 8.56. The van der Waals surface area contributed by atoms with Crippen molar-refractivity contribution in [3.63, 3.8) is 0 Å². The molecule has 0 aliphatic carbocycles. The van der Waals surface area contributed by atoms with Gasteiger partial charge in [-0.3, -0.25) is 9.59 Å². The van der Waals surface area contributed by atoms with E-state index >= 15 is 0 Å². The number of nitrogens with one attached hydrogen (secondary N) is 2. The molecule has 0 fully saturated rings. The Labute approximate surface area is 176 Å². The van der Waals surface area contributed by atoms with E-state index in [4.69, 9.17) is 4.74 Å². The highest BCUT2D eigenvalue weighted by Gasteiger charge is 2.30. The lowest BCUT2D eigenvalue weighted by molar-refractivity contribution is -0.122. The Hall–Kier alpha value is -2.91. The molecule has 0 radical (unpaired) electrons. The lowest BCUT2D eigenvalue weighted by Crippen LogP contribution is -2.36. The van der Waals surface area contributed by atoms with Crippen molar-refractivity contribution >= 4 is 33.2 Å². The maximum atomic E-state index is 13.1. The van der Waals surface area contributed by atoms with Crippen molar-refractivity contribution in [1.29, 1.82) is 0 Å². The number of sulfonamides is 1. The predicted molar refractivity (Wildman–Crippen MR) is 114 cm³/mol. The van der Waals surface area contributed by atoms with Crippen LogP contribution in [0.4, 0.5) is 11.4 Å². The van der Waals surface area contributed by atoms with Gasteiger partial charge in [-0.1, -0.05) is 6.07 Å². The van der Waals surface area contributed by atoms with Crippen molar-refractivity contribution < 1.29 is 22.7 Å². The maximum Gasteiger partial charge on any atom is 0.265 e. The minimum atomic E-state index is -3.96. The molecule has 1 heterocycles. The summed E-state index contributed by atoms with van der Waals surface area (Å²) in [7, 11) is -2.61. The standard InChI is InChI=1S/C21H25N3O5S/c1-12-6-13(2)8-16(7-12)22-20(25)11-24(5)30(27,28)19-10-18-17(9-14(19)3)23-21(26)15(4)29-18/h6-10,15H,11H2,1-5H3,(H,22,25)(H,23,26)/t15-/m0/s1. The Bertz CT molecular complexity index is 1110. The van der Waals surface area contributed by atoms with Crippen molar-refractivity contribution in [1.82, 2.24) is 4.31 Å². The average molecular weight is 432 g/mol. The van der Waals surface area contributed by atoms with Crippen LogP contribution in [0.3, 0.4) is 0 Å². The smallest absolute Gasteiger partial charge is 0.265 e. The molecule has 0 spiro atoms. The molecular weight excluding hydrogens is 406 g/mol. The van der Waals surface area contributed by atoms with E-state index in [2.05, 4.69) is 10.6 Å². The average Bonchev–Trinajstić information content (AvgIpc) is 2.61. The molecule has 9 heteroatoms. The lowest BCUT2D eigenvalue weighted by atomic mass is 10.1. The second kappa shape index (κ2) is 8.08. The highest BCUT2D eigenvalue weighted by Crippen LogP contribution is 2.35. The van der Waals surface area contributed by atoms with E-state index in [0.29, 0.717) is 16.9 Å². The third-order valence-electron chi connectivity index (χ3n) is 4.77. The zero-order chi connectivity index (χ0) is 22.2. The molecule has 3 rings (SSSR count). The van der Waals surface area contributed by atoms with Gasteiger partial charge in [0.05, 0.1) is 17.1 Å². The summed E-state index contributed by atoms with van der Waals surface area (Å²) in [5, 5.41) is 5.43. The fraction of sp³-hybridized carbons (Fsp3) is 0.333. The first-order chi connectivity index (χ1) is 14.0. The van der Waals surface area contributed by atoms with Gasteiger partial charge in [-0.25, -0.2) is 8.42 Å². The molecule has 8 nitrogen and oxygen atoms in total. The van der Waals surface area contributed by atoms with Crippen LogP contribution in [0, 0.1) is 20.8 Å². The van der Waals surface area contributed by atoms with Crippen LogP contribution in [0.5, 0.6) is 5.75 Å². The third-order valence-corrected chi connectivity index (χ3v) is 6.71. The minimum absolute atomic E-state index is 0.0197. The molecular formula is C21H25N3O5S. The Kier molecular flexibility index (Phi) is 5.87. The molecule has 2 aromatic carbocycles. The van der Waals surface area contributed by atoms with E-state index in [1.807, 2.05) is 32.0 Å². The Morgan fingerprint density at radius 2 is 1.77 bits per heavy atom. The lowest BCUT2D eigenvalue weighted by Gasteiger charge is -2.25. The highest BCUT2D eigenvalue weighted by molar-refractivity contribution is 7.89. The van der Waals surface area contributed by atoms with Crippen LogP contribution in [-0.2, 0) is 19.6 Å². The van der Waals surface area contributed by atoms with Crippen molar-refractivity contribution in [2.24, 2.45) is 0 Å². The monoisotopic (exact) mass is 431 g/mol. The first-order valence-electron chi connectivity index (χ1n) is 9.44. The number of carbonyl (C=O) groups is 2. The third kappa shape index (κ3) is 4.47. The number of benzene rings is 2. The first-order valence-corrected chi connectivity index (χ1v) is 10.9. The summed E-state index contributed by atoms with van der Waals surface area (Å²) < 4.78 is 32.7. The van der Waals surface area contributed by atoms with Gasteiger partial charge in [0.1, 0.15) is 5.75 Å². The number of nitrogens with zero attached hydrogens (tertiary/aromatic N) is 1. The van der Waals surface area contributed by atoms with Crippen LogP contribution < -0.4 is 15.4 Å². The number of rotatable bonds is 5. The van der Waals surface area contributed by atoms with E-state index in [1.54, 1.807) is 19.9 Å². The largest absolute Gasteiger partial charge is 0.479 e. The molecule has 160 valence electrons. The quantitative estimate of drug-likeness (QED) is 0.757. The number of anilines is 2. The molecule has 30 heavy (non-hydrogen) atoms. The van der Waals surface area contributed by atoms with Crippen molar-refractivity contribution in [2.75, 3.05) is 24.2 Å². The summed E-state index contributed by atoms with van der Waals surface area (Å²) >= 11 is 0. The molecule has 1 atom stereocenters. The van der Waals surface area contributed by atoms with Gasteiger partial charge in [0, 0.05) is 18.8 Å². The van der Waals surface area contributed by atoms with E-state index in [9.17, 15) is 18.0 Å².